The number of aryl methyl sites for hydroxylation is 2. The molecule has 1 aliphatic heterocycles. The van der Waals surface area contributed by atoms with Gasteiger partial charge in [-0.2, -0.15) is 4.98 Å². The predicted octanol–water partition coefficient (Wildman–Crippen LogP) is 1.58. The van der Waals surface area contributed by atoms with Crippen molar-refractivity contribution in [2.75, 3.05) is 30.4 Å². The van der Waals surface area contributed by atoms with Crippen molar-refractivity contribution >= 4 is 11.9 Å². The largest absolute Gasteiger partial charge is 0.481 e. The fourth-order valence-corrected chi connectivity index (χ4v) is 2.62. The maximum absolute atomic E-state index is 5.11. The van der Waals surface area contributed by atoms with Gasteiger partial charge in [0, 0.05) is 42.8 Å². The minimum atomic E-state index is 0.275. The zero-order valence-electron chi connectivity index (χ0n) is 13.1. The summed E-state index contributed by atoms with van der Waals surface area (Å²) in [6.07, 6.45) is 2.69. The van der Waals surface area contributed by atoms with Crippen LogP contribution in [-0.4, -0.2) is 46.2 Å². The minimum Gasteiger partial charge on any atom is -0.481 e. The second-order valence-electron chi connectivity index (χ2n) is 5.45. The number of nitrogens with one attached hydrogen (secondary N) is 1. The number of nitrogens with zero attached hydrogens (tertiary/aromatic N) is 5. The highest BCUT2D eigenvalue weighted by Gasteiger charge is 2.25. The summed E-state index contributed by atoms with van der Waals surface area (Å²) in [5.41, 5.74) is 1.99. The maximum Gasteiger partial charge on any atom is 0.226 e. The van der Waals surface area contributed by atoms with E-state index in [-0.39, 0.29) is 6.04 Å². The van der Waals surface area contributed by atoms with Crippen LogP contribution in [0.5, 0.6) is 5.88 Å². The Labute approximate surface area is 129 Å². The Morgan fingerprint density at radius 3 is 2.73 bits per heavy atom. The number of ether oxygens (including phenoxy) is 1. The molecule has 1 saturated heterocycles. The molecule has 1 aliphatic rings. The van der Waals surface area contributed by atoms with E-state index in [1.54, 1.807) is 19.4 Å². The van der Waals surface area contributed by atoms with Crippen molar-refractivity contribution in [3.63, 3.8) is 0 Å². The van der Waals surface area contributed by atoms with Crippen molar-refractivity contribution < 1.29 is 4.74 Å². The van der Waals surface area contributed by atoms with Gasteiger partial charge in [0.05, 0.1) is 7.11 Å². The second kappa shape index (κ2) is 6.13. The van der Waals surface area contributed by atoms with E-state index in [9.17, 15) is 0 Å². The van der Waals surface area contributed by atoms with Crippen LogP contribution in [0.15, 0.2) is 18.3 Å². The predicted molar refractivity (Wildman–Crippen MR) is 84.3 cm³/mol. The van der Waals surface area contributed by atoms with Crippen LogP contribution in [0.2, 0.25) is 0 Å². The van der Waals surface area contributed by atoms with Gasteiger partial charge in [0.2, 0.25) is 17.8 Å². The Balaban J connectivity index is 1.66. The van der Waals surface area contributed by atoms with E-state index in [2.05, 4.69) is 30.2 Å². The molecule has 2 aromatic rings. The third kappa shape index (κ3) is 3.24. The van der Waals surface area contributed by atoms with Crippen LogP contribution in [0.1, 0.15) is 17.8 Å². The normalized spacial score (nSPS) is 17.6. The van der Waals surface area contributed by atoms with Gasteiger partial charge in [-0.15, -0.1) is 0 Å². The Morgan fingerprint density at radius 2 is 2.00 bits per heavy atom. The van der Waals surface area contributed by atoms with Gasteiger partial charge in [-0.25, -0.2) is 15.0 Å². The molecule has 0 saturated carbocycles. The third-order valence-electron chi connectivity index (χ3n) is 3.61. The first-order valence-electron chi connectivity index (χ1n) is 7.35. The number of hydrogen-bond acceptors (Lipinski definition) is 7. The molecule has 0 spiro atoms. The Hall–Kier alpha value is -2.44. The highest BCUT2D eigenvalue weighted by Crippen LogP contribution is 2.19. The number of methoxy groups -OCH3 is 1. The van der Waals surface area contributed by atoms with E-state index in [1.165, 1.54) is 0 Å². The number of anilines is 2. The molecule has 1 unspecified atom stereocenters. The topological polar surface area (TPSA) is 76.1 Å². The first kappa shape index (κ1) is 14.5. The summed E-state index contributed by atoms with van der Waals surface area (Å²) >= 11 is 0. The quantitative estimate of drug-likeness (QED) is 0.918. The number of rotatable bonds is 4. The molecule has 2 aromatic heterocycles. The monoisotopic (exact) mass is 300 g/mol. The SMILES string of the molecule is COc1ccnc(NC2CCN(c3nc(C)cc(C)n3)C2)n1. The molecule has 1 N–H and O–H groups in total. The highest BCUT2D eigenvalue weighted by molar-refractivity contribution is 5.37. The molecule has 0 amide bonds. The van der Waals surface area contributed by atoms with Crippen LogP contribution in [0.4, 0.5) is 11.9 Å². The highest BCUT2D eigenvalue weighted by atomic mass is 16.5. The average Bonchev–Trinajstić information content (AvgIpc) is 2.95. The Kier molecular flexibility index (Phi) is 4.04. The van der Waals surface area contributed by atoms with E-state index in [0.717, 1.165) is 36.8 Å². The lowest BCUT2D eigenvalue weighted by molar-refractivity contribution is 0.397. The van der Waals surface area contributed by atoms with Crippen molar-refractivity contribution in [3.05, 3.63) is 29.7 Å². The first-order chi connectivity index (χ1) is 10.6. The standard InChI is InChI=1S/C15H20N6O/c1-10-8-11(2)18-15(17-10)21-7-5-12(9-21)19-14-16-6-4-13(20-14)22-3/h4,6,8,12H,5,7,9H2,1-3H3,(H,16,19,20). The van der Waals surface area contributed by atoms with Gasteiger partial charge in [-0.05, 0) is 26.3 Å². The van der Waals surface area contributed by atoms with Crippen molar-refractivity contribution in [3.8, 4) is 5.88 Å². The lowest BCUT2D eigenvalue weighted by atomic mass is 10.3. The van der Waals surface area contributed by atoms with Crippen LogP contribution in [0.3, 0.4) is 0 Å². The molecule has 3 rings (SSSR count). The Morgan fingerprint density at radius 1 is 1.23 bits per heavy atom. The summed E-state index contributed by atoms with van der Waals surface area (Å²) in [5.74, 6) is 1.95. The molecule has 22 heavy (non-hydrogen) atoms. The van der Waals surface area contributed by atoms with Crippen molar-refractivity contribution in [1.29, 1.82) is 0 Å². The maximum atomic E-state index is 5.11. The van der Waals surface area contributed by atoms with Crippen LogP contribution in [-0.2, 0) is 0 Å². The lowest BCUT2D eigenvalue weighted by Gasteiger charge is -2.17. The molecule has 0 aromatic carbocycles. The molecule has 7 nitrogen and oxygen atoms in total. The van der Waals surface area contributed by atoms with E-state index in [1.807, 2.05) is 19.9 Å². The van der Waals surface area contributed by atoms with Crippen LogP contribution < -0.4 is 15.0 Å². The van der Waals surface area contributed by atoms with E-state index in [0.29, 0.717) is 11.8 Å². The molecule has 1 atom stereocenters. The summed E-state index contributed by atoms with van der Waals surface area (Å²) in [4.78, 5) is 19.7. The zero-order chi connectivity index (χ0) is 15.5. The van der Waals surface area contributed by atoms with E-state index >= 15 is 0 Å². The Bertz CT molecular complexity index is 642. The first-order valence-corrected chi connectivity index (χ1v) is 7.35. The smallest absolute Gasteiger partial charge is 0.226 e. The number of hydrogen-bond donors (Lipinski definition) is 1. The third-order valence-corrected chi connectivity index (χ3v) is 3.61. The van der Waals surface area contributed by atoms with E-state index in [4.69, 9.17) is 4.74 Å². The van der Waals surface area contributed by atoms with Crippen LogP contribution >= 0.6 is 0 Å². The molecular formula is C15H20N6O. The van der Waals surface area contributed by atoms with Gasteiger partial charge in [-0.1, -0.05) is 0 Å². The number of aromatic nitrogens is 4. The fourth-order valence-electron chi connectivity index (χ4n) is 2.62. The summed E-state index contributed by atoms with van der Waals surface area (Å²) in [6, 6.07) is 3.99. The molecule has 0 radical (unpaired) electrons. The van der Waals surface area contributed by atoms with Crippen molar-refractivity contribution in [1.82, 2.24) is 19.9 Å². The van der Waals surface area contributed by atoms with Gasteiger partial charge in [0.15, 0.2) is 0 Å². The van der Waals surface area contributed by atoms with Gasteiger partial charge >= 0.3 is 0 Å². The second-order valence-corrected chi connectivity index (χ2v) is 5.45. The molecule has 0 bridgehead atoms. The summed E-state index contributed by atoms with van der Waals surface area (Å²) < 4.78 is 5.11. The van der Waals surface area contributed by atoms with Crippen LogP contribution in [0.25, 0.3) is 0 Å². The molecule has 116 valence electrons. The minimum absolute atomic E-state index is 0.275. The van der Waals surface area contributed by atoms with Gasteiger partial charge in [0.1, 0.15) is 0 Å². The van der Waals surface area contributed by atoms with Crippen molar-refractivity contribution in [2.24, 2.45) is 0 Å². The molecule has 7 heteroatoms. The summed E-state index contributed by atoms with van der Waals surface area (Å²) in [6.45, 7) is 5.75. The van der Waals surface area contributed by atoms with Gasteiger partial charge in [-0.3, -0.25) is 0 Å². The average molecular weight is 300 g/mol. The molecule has 1 fully saturated rings. The van der Waals surface area contributed by atoms with E-state index < -0.39 is 0 Å². The molecule has 0 aliphatic carbocycles. The van der Waals surface area contributed by atoms with Crippen molar-refractivity contribution in [2.45, 2.75) is 26.3 Å². The summed E-state index contributed by atoms with van der Waals surface area (Å²) in [5, 5.41) is 3.35. The van der Waals surface area contributed by atoms with Gasteiger partial charge < -0.3 is 15.0 Å². The fraction of sp³-hybridized carbons (Fsp3) is 0.467. The molecular weight excluding hydrogens is 280 g/mol. The zero-order valence-corrected chi connectivity index (χ0v) is 13.1. The molecule has 3 heterocycles. The summed E-state index contributed by atoms with van der Waals surface area (Å²) in [7, 11) is 1.60. The lowest BCUT2D eigenvalue weighted by Crippen LogP contribution is -2.28. The van der Waals surface area contributed by atoms with Crippen LogP contribution in [0, 0.1) is 13.8 Å². The van der Waals surface area contributed by atoms with Gasteiger partial charge in [0.25, 0.3) is 0 Å².